The normalized spacial score (nSPS) is 18.0. The van der Waals surface area contributed by atoms with Crippen LogP contribution in [0.2, 0.25) is 0 Å². The SMILES string of the molecule is CC(C)C(=O)C1=C(O)CN(C)C(=O)C1. The summed E-state index contributed by atoms with van der Waals surface area (Å²) in [5.74, 6) is -0.398. The zero-order valence-electron chi connectivity index (χ0n) is 8.70. The van der Waals surface area contributed by atoms with Crippen molar-refractivity contribution in [2.45, 2.75) is 20.3 Å². The lowest BCUT2D eigenvalue weighted by atomic mass is 9.95. The topological polar surface area (TPSA) is 57.6 Å². The molecular formula is C10H15NO3. The molecule has 0 saturated heterocycles. The third-order valence-electron chi connectivity index (χ3n) is 2.31. The molecule has 0 spiro atoms. The van der Waals surface area contributed by atoms with E-state index in [1.54, 1.807) is 20.9 Å². The first-order valence-corrected chi connectivity index (χ1v) is 4.62. The number of Topliss-reactive ketones (excluding diaryl/α,β-unsaturated/α-hetero) is 1. The number of amides is 1. The number of nitrogens with zero attached hydrogens (tertiary/aromatic N) is 1. The van der Waals surface area contributed by atoms with Gasteiger partial charge in [0.1, 0.15) is 5.76 Å². The number of carbonyl (C=O) groups is 2. The molecule has 1 N–H and O–H groups in total. The van der Waals surface area contributed by atoms with Crippen LogP contribution in [0.15, 0.2) is 11.3 Å². The number of likely N-dealkylation sites (N-methyl/N-ethyl adjacent to an activating group) is 1. The third-order valence-corrected chi connectivity index (χ3v) is 2.31. The summed E-state index contributed by atoms with van der Waals surface area (Å²) < 4.78 is 0. The van der Waals surface area contributed by atoms with Crippen molar-refractivity contribution in [1.82, 2.24) is 4.90 Å². The second-order valence-corrected chi connectivity index (χ2v) is 3.87. The van der Waals surface area contributed by atoms with Gasteiger partial charge in [-0.3, -0.25) is 9.59 Å². The molecule has 0 atom stereocenters. The number of carbonyl (C=O) groups excluding carboxylic acids is 2. The lowest BCUT2D eigenvalue weighted by Crippen LogP contribution is -2.35. The number of hydrogen-bond donors (Lipinski definition) is 1. The maximum atomic E-state index is 11.6. The molecule has 4 heteroatoms. The Kier molecular flexibility index (Phi) is 2.93. The molecule has 0 radical (unpaired) electrons. The van der Waals surface area contributed by atoms with Gasteiger partial charge in [-0.1, -0.05) is 13.8 Å². The van der Waals surface area contributed by atoms with Crippen LogP contribution in [0.5, 0.6) is 0 Å². The van der Waals surface area contributed by atoms with E-state index in [2.05, 4.69) is 0 Å². The number of ketones is 1. The van der Waals surface area contributed by atoms with Gasteiger partial charge in [-0.25, -0.2) is 0 Å². The highest BCUT2D eigenvalue weighted by Gasteiger charge is 2.27. The van der Waals surface area contributed by atoms with Crippen LogP contribution in [0.3, 0.4) is 0 Å². The monoisotopic (exact) mass is 197 g/mol. The summed E-state index contributed by atoms with van der Waals surface area (Å²) >= 11 is 0. The summed E-state index contributed by atoms with van der Waals surface area (Å²) in [4.78, 5) is 24.3. The van der Waals surface area contributed by atoms with Crippen LogP contribution in [0, 0.1) is 5.92 Å². The van der Waals surface area contributed by atoms with Gasteiger partial charge < -0.3 is 10.0 Å². The highest BCUT2D eigenvalue weighted by molar-refractivity contribution is 6.02. The second-order valence-electron chi connectivity index (χ2n) is 3.87. The first kappa shape index (κ1) is 10.8. The molecule has 1 rings (SSSR count). The highest BCUT2D eigenvalue weighted by Crippen LogP contribution is 2.19. The van der Waals surface area contributed by atoms with Crippen LogP contribution in [0.1, 0.15) is 20.3 Å². The Bertz CT molecular complexity index is 304. The standard InChI is InChI=1S/C10H15NO3/c1-6(2)10(14)7-4-9(13)11(3)5-8(7)12/h6,12H,4-5H2,1-3H3. The van der Waals surface area contributed by atoms with Gasteiger partial charge in [0, 0.05) is 18.5 Å². The molecule has 0 aromatic heterocycles. The Labute approximate surface area is 83.2 Å². The van der Waals surface area contributed by atoms with Crippen LogP contribution in [0.25, 0.3) is 0 Å². The van der Waals surface area contributed by atoms with E-state index >= 15 is 0 Å². The van der Waals surface area contributed by atoms with Crippen molar-refractivity contribution in [1.29, 1.82) is 0 Å². The molecule has 0 fully saturated rings. The van der Waals surface area contributed by atoms with E-state index in [0.29, 0.717) is 0 Å². The zero-order chi connectivity index (χ0) is 10.9. The molecule has 0 aliphatic carbocycles. The predicted molar refractivity (Wildman–Crippen MR) is 51.8 cm³/mol. The van der Waals surface area contributed by atoms with Gasteiger partial charge in [0.05, 0.1) is 13.0 Å². The molecule has 0 aromatic rings. The van der Waals surface area contributed by atoms with Gasteiger partial charge in [0.25, 0.3) is 0 Å². The molecule has 78 valence electrons. The average Bonchev–Trinajstić information content (AvgIpc) is 2.10. The second kappa shape index (κ2) is 3.82. The molecule has 1 aliphatic rings. The predicted octanol–water partition coefficient (Wildman–Crippen LogP) is 0.886. The van der Waals surface area contributed by atoms with Crippen LogP contribution in [-0.4, -0.2) is 35.3 Å². The fourth-order valence-electron chi connectivity index (χ4n) is 1.37. The van der Waals surface area contributed by atoms with Crippen molar-refractivity contribution in [2.75, 3.05) is 13.6 Å². The molecule has 0 bridgehead atoms. The maximum Gasteiger partial charge on any atom is 0.227 e. The summed E-state index contributed by atoms with van der Waals surface area (Å²) in [5.41, 5.74) is 0.281. The van der Waals surface area contributed by atoms with Gasteiger partial charge >= 0.3 is 0 Å². The Morgan fingerprint density at radius 2 is 2.07 bits per heavy atom. The lowest BCUT2D eigenvalue weighted by Gasteiger charge is -2.24. The Morgan fingerprint density at radius 1 is 1.50 bits per heavy atom. The fraction of sp³-hybridized carbons (Fsp3) is 0.600. The summed E-state index contributed by atoms with van der Waals surface area (Å²) in [7, 11) is 1.61. The minimum atomic E-state index is -0.177. The van der Waals surface area contributed by atoms with Gasteiger partial charge in [0.2, 0.25) is 5.91 Å². The van der Waals surface area contributed by atoms with E-state index in [4.69, 9.17) is 0 Å². The quantitative estimate of drug-likeness (QED) is 0.715. The Morgan fingerprint density at radius 3 is 2.57 bits per heavy atom. The number of aliphatic hydroxyl groups excluding tert-OH is 1. The van der Waals surface area contributed by atoms with Crippen molar-refractivity contribution >= 4 is 11.7 Å². The molecule has 0 saturated carbocycles. The minimum absolute atomic E-state index is 0.0271. The Balaban J connectivity index is 2.93. The highest BCUT2D eigenvalue weighted by atomic mass is 16.3. The molecule has 1 amide bonds. The van der Waals surface area contributed by atoms with Crippen LogP contribution in [0.4, 0.5) is 0 Å². The van der Waals surface area contributed by atoms with Gasteiger partial charge in [-0.05, 0) is 0 Å². The number of rotatable bonds is 2. The molecule has 4 nitrogen and oxygen atoms in total. The van der Waals surface area contributed by atoms with Crippen LogP contribution in [-0.2, 0) is 9.59 Å². The Hall–Kier alpha value is -1.32. The first-order chi connectivity index (χ1) is 6.43. The minimum Gasteiger partial charge on any atom is -0.510 e. The van der Waals surface area contributed by atoms with Crippen molar-refractivity contribution in [3.05, 3.63) is 11.3 Å². The van der Waals surface area contributed by atoms with Crippen molar-refractivity contribution in [3.8, 4) is 0 Å². The number of hydrogen-bond acceptors (Lipinski definition) is 3. The van der Waals surface area contributed by atoms with E-state index < -0.39 is 0 Å². The number of aliphatic hydroxyl groups is 1. The van der Waals surface area contributed by atoms with Gasteiger partial charge in [0.15, 0.2) is 5.78 Å². The molecule has 1 aliphatic heterocycles. The molecule has 0 aromatic carbocycles. The van der Waals surface area contributed by atoms with E-state index in [9.17, 15) is 14.7 Å². The zero-order valence-corrected chi connectivity index (χ0v) is 8.70. The third kappa shape index (κ3) is 1.95. The summed E-state index contributed by atoms with van der Waals surface area (Å²) in [5, 5.41) is 9.54. The van der Waals surface area contributed by atoms with Gasteiger partial charge in [-0.2, -0.15) is 0 Å². The largest absolute Gasteiger partial charge is 0.510 e. The molecular weight excluding hydrogens is 182 g/mol. The van der Waals surface area contributed by atoms with Crippen LogP contribution < -0.4 is 0 Å². The molecule has 0 unspecified atom stereocenters. The van der Waals surface area contributed by atoms with E-state index in [1.807, 2.05) is 0 Å². The maximum absolute atomic E-state index is 11.6. The van der Waals surface area contributed by atoms with Crippen molar-refractivity contribution in [3.63, 3.8) is 0 Å². The smallest absolute Gasteiger partial charge is 0.227 e. The first-order valence-electron chi connectivity index (χ1n) is 4.62. The van der Waals surface area contributed by atoms with E-state index in [0.717, 1.165) is 0 Å². The summed E-state index contributed by atoms with van der Waals surface area (Å²) in [6.07, 6.45) is 0.0271. The van der Waals surface area contributed by atoms with E-state index in [-0.39, 0.29) is 41.9 Å². The van der Waals surface area contributed by atoms with E-state index in [1.165, 1.54) is 4.90 Å². The van der Waals surface area contributed by atoms with Crippen molar-refractivity contribution < 1.29 is 14.7 Å². The fourth-order valence-corrected chi connectivity index (χ4v) is 1.37. The molecule has 14 heavy (non-hydrogen) atoms. The average molecular weight is 197 g/mol. The molecule has 1 heterocycles. The summed E-state index contributed by atoms with van der Waals surface area (Å²) in [6, 6.07) is 0. The van der Waals surface area contributed by atoms with Crippen molar-refractivity contribution in [2.24, 2.45) is 5.92 Å². The lowest BCUT2D eigenvalue weighted by molar-refractivity contribution is -0.131. The summed E-state index contributed by atoms with van der Waals surface area (Å²) in [6.45, 7) is 3.66. The van der Waals surface area contributed by atoms with Crippen LogP contribution >= 0.6 is 0 Å². The van der Waals surface area contributed by atoms with Gasteiger partial charge in [-0.15, -0.1) is 0 Å².